The number of carbonyl (C=O) groups is 3. The number of nitrogens with one attached hydrogen (secondary N) is 1. The third kappa shape index (κ3) is 5.74. The highest BCUT2D eigenvalue weighted by molar-refractivity contribution is 7.14. The summed E-state index contributed by atoms with van der Waals surface area (Å²) in [5.41, 5.74) is -0.768. The molecule has 0 aliphatic rings. The Morgan fingerprint density at radius 3 is 2.48 bits per heavy atom. The van der Waals surface area contributed by atoms with Crippen LogP contribution >= 0.6 is 11.3 Å². The van der Waals surface area contributed by atoms with Crippen LogP contribution < -0.4 is 5.32 Å². The summed E-state index contributed by atoms with van der Waals surface area (Å²) in [4.78, 5) is 37.6. The van der Waals surface area contributed by atoms with Crippen molar-refractivity contribution in [2.75, 3.05) is 5.32 Å². The van der Waals surface area contributed by atoms with Crippen molar-refractivity contribution in [1.29, 1.82) is 0 Å². The van der Waals surface area contributed by atoms with Crippen LogP contribution in [0.4, 0.5) is 9.93 Å². The Balaban J connectivity index is 2.88. The molecule has 1 heterocycles. The zero-order valence-corrected chi connectivity index (χ0v) is 12.9. The molecule has 0 fully saturated rings. The van der Waals surface area contributed by atoms with Gasteiger partial charge in [-0.2, -0.15) is 0 Å². The first-order valence-corrected chi connectivity index (χ1v) is 6.88. The quantitative estimate of drug-likeness (QED) is 0.828. The average molecular weight is 312 g/mol. The van der Waals surface area contributed by atoms with Crippen molar-refractivity contribution >= 4 is 39.9 Å². The number of carbonyl (C=O) groups excluding carboxylic acids is 2. The highest BCUT2D eigenvalue weighted by atomic mass is 32.1. The number of amides is 1. The zero-order valence-electron chi connectivity index (χ0n) is 12.1. The van der Waals surface area contributed by atoms with Gasteiger partial charge in [0.25, 0.3) is 0 Å². The summed E-state index contributed by atoms with van der Waals surface area (Å²) in [5.74, 6) is -1.67. The van der Waals surface area contributed by atoms with Gasteiger partial charge < -0.3 is 9.84 Å². The van der Waals surface area contributed by atoms with Crippen molar-refractivity contribution in [1.82, 2.24) is 4.98 Å². The Hall–Kier alpha value is -2.22. The van der Waals surface area contributed by atoms with E-state index >= 15 is 0 Å². The van der Waals surface area contributed by atoms with Crippen LogP contribution in [-0.4, -0.2) is 33.5 Å². The minimum Gasteiger partial charge on any atom is -0.478 e. The van der Waals surface area contributed by atoms with E-state index < -0.39 is 23.4 Å². The molecule has 8 heteroatoms. The van der Waals surface area contributed by atoms with Gasteiger partial charge in [0.2, 0.25) is 0 Å². The summed E-state index contributed by atoms with van der Waals surface area (Å²) < 4.78 is 5.05. The number of aromatic nitrogens is 1. The Kier molecular flexibility index (Phi) is 5.20. The molecule has 21 heavy (non-hydrogen) atoms. The molecule has 1 aromatic heterocycles. The minimum atomic E-state index is -1.26. The van der Waals surface area contributed by atoms with E-state index in [1.165, 1.54) is 12.3 Å². The summed E-state index contributed by atoms with van der Waals surface area (Å²) in [6, 6.07) is 0. The van der Waals surface area contributed by atoms with Gasteiger partial charge in [-0.05, 0) is 33.8 Å². The number of anilines is 1. The average Bonchev–Trinajstić information content (AvgIpc) is 2.70. The summed E-state index contributed by atoms with van der Waals surface area (Å²) in [6.07, 6.45) is 0.296. The van der Waals surface area contributed by atoms with Crippen molar-refractivity contribution in [3.8, 4) is 0 Å². The van der Waals surface area contributed by atoms with Crippen LogP contribution in [0.3, 0.4) is 0 Å². The molecule has 0 aromatic carbocycles. The predicted molar refractivity (Wildman–Crippen MR) is 78.3 cm³/mol. The van der Waals surface area contributed by atoms with E-state index in [2.05, 4.69) is 10.3 Å². The fourth-order valence-corrected chi connectivity index (χ4v) is 1.99. The molecule has 0 aliphatic carbocycles. The molecule has 0 radical (unpaired) electrons. The van der Waals surface area contributed by atoms with Gasteiger partial charge in [0.05, 0.1) is 11.3 Å². The number of carboxylic acids is 1. The van der Waals surface area contributed by atoms with Gasteiger partial charge in [-0.1, -0.05) is 0 Å². The van der Waals surface area contributed by atoms with Crippen molar-refractivity contribution in [2.45, 2.75) is 33.3 Å². The van der Waals surface area contributed by atoms with Gasteiger partial charge in [-0.25, -0.2) is 14.6 Å². The van der Waals surface area contributed by atoms with E-state index in [-0.39, 0.29) is 16.4 Å². The molecular weight excluding hydrogens is 296 g/mol. The molecule has 0 atom stereocenters. The summed E-state index contributed by atoms with van der Waals surface area (Å²) in [5, 5.41) is 13.1. The highest BCUT2D eigenvalue weighted by Crippen LogP contribution is 2.22. The maximum absolute atomic E-state index is 11.6. The number of hydrogen-bond donors (Lipinski definition) is 2. The topological polar surface area (TPSA) is 106 Å². The first-order valence-electron chi connectivity index (χ1n) is 6.00. The summed E-state index contributed by atoms with van der Waals surface area (Å²) in [7, 11) is 0. The number of rotatable bonds is 4. The largest absolute Gasteiger partial charge is 0.478 e. The van der Waals surface area contributed by atoms with Crippen LogP contribution in [0, 0.1) is 0 Å². The standard InChI is InChI=1S/C13H16N2O5S/c1-7(16)5-8(10(17)18)9-6-21-11(14-9)15-12(19)20-13(2,3)4/h5-6H,1-4H3,(H,17,18)(H,14,15,19)/b8-5+. The second-order valence-corrected chi connectivity index (χ2v) is 6.00. The molecule has 0 saturated heterocycles. The lowest BCUT2D eigenvalue weighted by Gasteiger charge is -2.18. The van der Waals surface area contributed by atoms with Gasteiger partial charge in [0.1, 0.15) is 5.60 Å². The van der Waals surface area contributed by atoms with E-state index in [0.29, 0.717) is 0 Å². The fraction of sp³-hybridized carbons (Fsp3) is 0.385. The number of ether oxygens (including phenoxy) is 1. The number of thiazole rings is 1. The van der Waals surface area contributed by atoms with E-state index in [4.69, 9.17) is 9.84 Å². The first kappa shape index (κ1) is 16.8. The Bertz CT molecular complexity index is 598. The maximum atomic E-state index is 11.6. The van der Waals surface area contributed by atoms with Crippen molar-refractivity contribution < 1.29 is 24.2 Å². The van der Waals surface area contributed by atoms with Crippen molar-refractivity contribution in [3.05, 3.63) is 17.2 Å². The lowest BCUT2D eigenvalue weighted by Crippen LogP contribution is -2.27. The van der Waals surface area contributed by atoms with Crippen LogP contribution in [0.1, 0.15) is 33.4 Å². The van der Waals surface area contributed by atoms with Crippen LogP contribution in [0.25, 0.3) is 5.57 Å². The maximum Gasteiger partial charge on any atom is 0.413 e. The number of aliphatic carboxylic acids is 1. The Labute approximate surface area is 125 Å². The number of hydrogen-bond acceptors (Lipinski definition) is 6. The zero-order chi connectivity index (χ0) is 16.2. The lowest BCUT2D eigenvalue weighted by atomic mass is 10.2. The third-order valence-electron chi connectivity index (χ3n) is 1.97. The molecule has 114 valence electrons. The van der Waals surface area contributed by atoms with Gasteiger partial charge in [0, 0.05) is 5.38 Å². The van der Waals surface area contributed by atoms with Crippen LogP contribution in [0.15, 0.2) is 11.5 Å². The molecule has 1 rings (SSSR count). The number of ketones is 1. The molecule has 0 bridgehead atoms. The van der Waals surface area contributed by atoms with Crippen LogP contribution in [0.2, 0.25) is 0 Å². The molecule has 2 N–H and O–H groups in total. The number of nitrogens with zero attached hydrogens (tertiary/aromatic N) is 1. The van der Waals surface area contributed by atoms with E-state index in [0.717, 1.165) is 17.4 Å². The molecule has 1 aromatic rings. The molecule has 0 saturated carbocycles. The Morgan fingerprint density at radius 2 is 2.00 bits per heavy atom. The predicted octanol–water partition coefficient (Wildman–Crippen LogP) is 2.55. The van der Waals surface area contributed by atoms with Gasteiger partial charge in [-0.15, -0.1) is 11.3 Å². The normalized spacial score (nSPS) is 11.9. The number of carboxylic acid groups (broad SMARTS) is 1. The van der Waals surface area contributed by atoms with Crippen molar-refractivity contribution in [3.63, 3.8) is 0 Å². The second-order valence-electron chi connectivity index (χ2n) is 5.14. The van der Waals surface area contributed by atoms with Gasteiger partial charge in [-0.3, -0.25) is 10.1 Å². The van der Waals surface area contributed by atoms with Gasteiger partial charge in [0.15, 0.2) is 10.9 Å². The molecule has 7 nitrogen and oxygen atoms in total. The first-order chi connectivity index (χ1) is 9.58. The summed E-state index contributed by atoms with van der Waals surface area (Å²) >= 11 is 1.04. The van der Waals surface area contributed by atoms with E-state index in [9.17, 15) is 14.4 Å². The van der Waals surface area contributed by atoms with Crippen molar-refractivity contribution in [2.24, 2.45) is 0 Å². The Morgan fingerprint density at radius 1 is 1.38 bits per heavy atom. The van der Waals surface area contributed by atoms with Crippen LogP contribution in [-0.2, 0) is 14.3 Å². The molecule has 0 unspecified atom stereocenters. The third-order valence-corrected chi connectivity index (χ3v) is 2.72. The fourth-order valence-electron chi connectivity index (χ4n) is 1.29. The van der Waals surface area contributed by atoms with E-state index in [1.807, 2.05) is 0 Å². The molecule has 0 aliphatic heterocycles. The second kappa shape index (κ2) is 6.49. The number of allylic oxidation sites excluding steroid dienone is 1. The molecule has 1 amide bonds. The van der Waals surface area contributed by atoms with Gasteiger partial charge >= 0.3 is 12.1 Å². The minimum absolute atomic E-state index is 0.105. The molecular formula is C13H16N2O5S. The van der Waals surface area contributed by atoms with E-state index in [1.54, 1.807) is 20.8 Å². The monoisotopic (exact) mass is 312 g/mol. The lowest BCUT2D eigenvalue weighted by molar-refractivity contribution is -0.130. The summed E-state index contributed by atoms with van der Waals surface area (Å²) in [6.45, 7) is 6.41. The SMILES string of the molecule is CC(=O)/C=C(/C(=O)O)c1csc(NC(=O)OC(C)(C)C)n1. The molecule has 0 spiro atoms. The highest BCUT2D eigenvalue weighted by Gasteiger charge is 2.19. The van der Waals surface area contributed by atoms with Crippen LogP contribution in [0.5, 0.6) is 0 Å². The smallest absolute Gasteiger partial charge is 0.413 e.